The molecule has 114 valence electrons. The highest BCUT2D eigenvalue weighted by Crippen LogP contribution is 2.16. The summed E-state index contributed by atoms with van der Waals surface area (Å²) in [6.45, 7) is 6.88. The Morgan fingerprint density at radius 3 is 2.50 bits per heavy atom. The predicted octanol–water partition coefficient (Wildman–Crippen LogP) is 3.79. The van der Waals surface area contributed by atoms with Crippen molar-refractivity contribution in [1.29, 1.82) is 0 Å². The van der Waals surface area contributed by atoms with Gasteiger partial charge in [-0.15, -0.1) is 0 Å². The number of benzene rings is 1. The van der Waals surface area contributed by atoms with Gasteiger partial charge in [-0.25, -0.2) is 0 Å². The van der Waals surface area contributed by atoms with Crippen LogP contribution in [0.4, 0.5) is 0 Å². The minimum Gasteiger partial charge on any atom is -0.388 e. The summed E-state index contributed by atoms with van der Waals surface area (Å²) in [7, 11) is 0. The number of aliphatic hydroxyl groups is 1. The third-order valence-electron chi connectivity index (χ3n) is 3.54. The van der Waals surface area contributed by atoms with Crippen LogP contribution in [0, 0.1) is 0 Å². The van der Waals surface area contributed by atoms with Gasteiger partial charge in [-0.3, -0.25) is 0 Å². The zero-order valence-electron chi connectivity index (χ0n) is 13.3. The van der Waals surface area contributed by atoms with Crippen molar-refractivity contribution < 1.29 is 5.11 Å². The van der Waals surface area contributed by atoms with E-state index in [0.717, 1.165) is 5.75 Å². The van der Waals surface area contributed by atoms with E-state index < -0.39 is 5.60 Å². The minimum absolute atomic E-state index is 0.267. The van der Waals surface area contributed by atoms with Gasteiger partial charge in [0.2, 0.25) is 0 Å². The molecule has 1 aromatic rings. The molecule has 0 amide bonds. The lowest BCUT2D eigenvalue weighted by atomic mass is 10.0. The van der Waals surface area contributed by atoms with Crippen molar-refractivity contribution >= 4 is 11.8 Å². The second-order valence-electron chi connectivity index (χ2n) is 5.88. The first-order valence-electron chi connectivity index (χ1n) is 7.52. The van der Waals surface area contributed by atoms with E-state index in [4.69, 9.17) is 0 Å². The van der Waals surface area contributed by atoms with E-state index >= 15 is 0 Å². The van der Waals surface area contributed by atoms with Gasteiger partial charge >= 0.3 is 0 Å². The van der Waals surface area contributed by atoms with Gasteiger partial charge in [-0.2, -0.15) is 11.8 Å². The summed E-state index contributed by atoms with van der Waals surface area (Å²) < 4.78 is 0. The quantitative estimate of drug-likeness (QED) is 0.727. The van der Waals surface area contributed by atoms with Crippen molar-refractivity contribution in [2.75, 3.05) is 18.6 Å². The molecule has 0 aliphatic carbocycles. The molecule has 0 spiro atoms. The molecule has 0 fully saturated rings. The summed E-state index contributed by atoms with van der Waals surface area (Å²) in [4.78, 5) is 0. The highest BCUT2D eigenvalue weighted by molar-refractivity contribution is 7.98. The standard InChI is InChI=1S/C17H29NOS/c1-5-6-7-15-8-10-16(11-9-15)14(2)18-12-17(3,19)13-20-4/h8-11,14,18-19H,5-7,12-13H2,1-4H3. The lowest BCUT2D eigenvalue weighted by Gasteiger charge is -2.25. The van der Waals surface area contributed by atoms with E-state index in [9.17, 15) is 5.11 Å². The van der Waals surface area contributed by atoms with E-state index in [-0.39, 0.29) is 6.04 Å². The van der Waals surface area contributed by atoms with Gasteiger partial charge in [0.15, 0.2) is 0 Å². The molecule has 2 N–H and O–H groups in total. The second kappa shape index (κ2) is 8.71. The zero-order chi connectivity index (χ0) is 15.0. The van der Waals surface area contributed by atoms with Crippen LogP contribution in [-0.4, -0.2) is 29.3 Å². The molecule has 0 radical (unpaired) electrons. The Kier molecular flexibility index (Phi) is 7.63. The van der Waals surface area contributed by atoms with Crippen molar-refractivity contribution in [2.45, 2.75) is 51.7 Å². The van der Waals surface area contributed by atoms with Gasteiger partial charge in [0.05, 0.1) is 5.60 Å². The first-order valence-corrected chi connectivity index (χ1v) is 8.91. The van der Waals surface area contributed by atoms with Crippen LogP contribution < -0.4 is 5.32 Å². The highest BCUT2D eigenvalue weighted by atomic mass is 32.2. The van der Waals surface area contributed by atoms with Crippen LogP contribution in [0.3, 0.4) is 0 Å². The fourth-order valence-corrected chi connectivity index (χ4v) is 2.93. The molecule has 0 aliphatic rings. The minimum atomic E-state index is -0.644. The molecule has 0 bridgehead atoms. The Morgan fingerprint density at radius 2 is 1.95 bits per heavy atom. The van der Waals surface area contributed by atoms with Crippen LogP contribution in [0.2, 0.25) is 0 Å². The Hall–Kier alpha value is -0.510. The highest BCUT2D eigenvalue weighted by Gasteiger charge is 2.20. The van der Waals surface area contributed by atoms with Crippen molar-refractivity contribution in [3.8, 4) is 0 Å². The number of aryl methyl sites for hydroxylation is 1. The maximum Gasteiger partial charge on any atom is 0.0833 e. The number of rotatable bonds is 9. The van der Waals surface area contributed by atoms with Gasteiger partial charge in [-0.05, 0) is 44.1 Å². The first-order chi connectivity index (χ1) is 9.48. The molecule has 1 rings (SSSR count). The van der Waals surface area contributed by atoms with Crippen LogP contribution in [0.15, 0.2) is 24.3 Å². The molecule has 0 saturated heterocycles. The molecule has 0 aliphatic heterocycles. The number of unbranched alkanes of at least 4 members (excludes halogenated alkanes) is 1. The van der Waals surface area contributed by atoms with Crippen LogP contribution >= 0.6 is 11.8 Å². The molecule has 2 unspecified atom stereocenters. The van der Waals surface area contributed by atoms with Gasteiger partial charge in [-0.1, -0.05) is 37.6 Å². The fraction of sp³-hybridized carbons (Fsp3) is 0.647. The van der Waals surface area contributed by atoms with Crippen molar-refractivity contribution in [3.05, 3.63) is 35.4 Å². The van der Waals surface area contributed by atoms with E-state index in [1.807, 2.05) is 13.2 Å². The number of hydrogen-bond acceptors (Lipinski definition) is 3. The average molecular weight is 295 g/mol. The molecular formula is C17H29NOS. The fourth-order valence-electron chi connectivity index (χ4n) is 2.21. The summed E-state index contributed by atoms with van der Waals surface area (Å²) in [6, 6.07) is 9.12. The average Bonchev–Trinajstić information content (AvgIpc) is 2.43. The first kappa shape index (κ1) is 17.5. The molecule has 1 aromatic carbocycles. The van der Waals surface area contributed by atoms with E-state index in [2.05, 4.69) is 43.4 Å². The van der Waals surface area contributed by atoms with Crippen LogP contribution in [-0.2, 0) is 6.42 Å². The lowest BCUT2D eigenvalue weighted by molar-refractivity contribution is 0.0821. The summed E-state index contributed by atoms with van der Waals surface area (Å²) in [5.74, 6) is 0.753. The largest absolute Gasteiger partial charge is 0.388 e. The third-order valence-corrected chi connectivity index (χ3v) is 4.45. The number of hydrogen-bond donors (Lipinski definition) is 2. The maximum absolute atomic E-state index is 10.2. The maximum atomic E-state index is 10.2. The normalized spacial score (nSPS) is 15.8. The molecule has 0 aromatic heterocycles. The van der Waals surface area contributed by atoms with E-state index in [1.165, 1.54) is 30.4 Å². The van der Waals surface area contributed by atoms with E-state index in [0.29, 0.717) is 6.54 Å². The Balaban J connectivity index is 2.49. The molecule has 0 saturated carbocycles. The van der Waals surface area contributed by atoms with Crippen LogP contribution in [0.25, 0.3) is 0 Å². The summed E-state index contributed by atoms with van der Waals surface area (Å²) in [5, 5.41) is 13.6. The molecule has 2 atom stereocenters. The molecular weight excluding hydrogens is 266 g/mol. The van der Waals surface area contributed by atoms with Crippen LogP contribution in [0.1, 0.15) is 50.8 Å². The molecule has 0 heterocycles. The van der Waals surface area contributed by atoms with Gasteiger partial charge in [0.25, 0.3) is 0 Å². The van der Waals surface area contributed by atoms with Gasteiger partial charge in [0, 0.05) is 18.3 Å². The van der Waals surface area contributed by atoms with Crippen molar-refractivity contribution in [2.24, 2.45) is 0 Å². The van der Waals surface area contributed by atoms with Crippen LogP contribution in [0.5, 0.6) is 0 Å². The monoisotopic (exact) mass is 295 g/mol. The summed E-state index contributed by atoms with van der Waals surface area (Å²) in [5.41, 5.74) is 2.05. The molecule has 3 heteroatoms. The number of thioether (sulfide) groups is 1. The van der Waals surface area contributed by atoms with Gasteiger partial charge in [0.1, 0.15) is 0 Å². The van der Waals surface area contributed by atoms with Gasteiger partial charge < -0.3 is 10.4 Å². The Labute approximate surface area is 128 Å². The molecule has 20 heavy (non-hydrogen) atoms. The summed E-state index contributed by atoms with van der Waals surface area (Å²) >= 11 is 1.68. The third kappa shape index (κ3) is 6.29. The predicted molar refractivity (Wildman–Crippen MR) is 90.5 cm³/mol. The SMILES string of the molecule is CCCCc1ccc(C(C)NCC(C)(O)CSC)cc1. The topological polar surface area (TPSA) is 32.3 Å². The van der Waals surface area contributed by atoms with Crippen molar-refractivity contribution in [1.82, 2.24) is 5.32 Å². The van der Waals surface area contributed by atoms with Crippen molar-refractivity contribution in [3.63, 3.8) is 0 Å². The number of nitrogens with one attached hydrogen (secondary N) is 1. The summed E-state index contributed by atoms with van der Waals surface area (Å²) in [6.07, 6.45) is 5.68. The smallest absolute Gasteiger partial charge is 0.0833 e. The zero-order valence-corrected chi connectivity index (χ0v) is 14.1. The second-order valence-corrected chi connectivity index (χ2v) is 6.74. The van der Waals surface area contributed by atoms with E-state index in [1.54, 1.807) is 11.8 Å². The lowest BCUT2D eigenvalue weighted by Crippen LogP contribution is -2.40. The molecule has 2 nitrogen and oxygen atoms in total. The Morgan fingerprint density at radius 1 is 1.30 bits per heavy atom. The Bertz CT molecular complexity index is 375.